The number of aromatic nitrogens is 2. The molecule has 1 spiro atoms. The summed E-state index contributed by atoms with van der Waals surface area (Å²) in [6.45, 7) is 5.10. The summed E-state index contributed by atoms with van der Waals surface area (Å²) in [4.78, 5) is 27.0. The molecule has 4 rings (SSSR count). The Balaban J connectivity index is 0.000000333. The van der Waals surface area contributed by atoms with E-state index in [0.717, 1.165) is 52.0 Å². The van der Waals surface area contributed by atoms with Gasteiger partial charge in [-0.25, -0.2) is 9.59 Å². The second-order valence-corrected chi connectivity index (χ2v) is 9.62. The summed E-state index contributed by atoms with van der Waals surface area (Å²) < 4.78 is 72.1. The molecule has 1 unspecified atom stereocenters. The number of halogens is 6. The molecule has 2 aliphatic rings. The van der Waals surface area contributed by atoms with Crippen molar-refractivity contribution in [3.8, 4) is 0 Å². The monoisotopic (exact) mass is 582 g/mol. The molecule has 0 saturated carbocycles. The minimum absolute atomic E-state index is 0.0958. The van der Waals surface area contributed by atoms with Gasteiger partial charge in [0.25, 0.3) is 0 Å². The molecule has 15 heteroatoms. The molecule has 0 aliphatic carbocycles. The molecule has 2 fully saturated rings. The van der Waals surface area contributed by atoms with Gasteiger partial charge in [-0.15, -0.1) is 0 Å². The van der Waals surface area contributed by atoms with Crippen LogP contribution in [0.25, 0.3) is 0 Å². The zero-order chi connectivity index (χ0) is 30.1. The molecular formula is C25H32F6N4O5. The Hall–Kier alpha value is -3.17. The maximum atomic E-state index is 10.6. The third-order valence-electron chi connectivity index (χ3n) is 6.66. The number of carboxylic acids is 2. The van der Waals surface area contributed by atoms with Crippen molar-refractivity contribution in [3.05, 3.63) is 54.1 Å². The van der Waals surface area contributed by atoms with Gasteiger partial charge in [0.05, 0.1) is 12.2 Å². The maximum absolute atomic E-state index is 10.6. The van der Waals surface area contributed by atoms with Crippen molar-refractivity contribution in [2.24, 2.45) is 7.05 Å². The van der Waals surface area contributed by atoms with E-state index in [-0.39, 0.29) is 5.60 Å². The summed E-state index contributed by atoms with van der Waals surface area (Å²) in [7, 11) is 4.34. The number of ether oxygens (including phenoxy) is 1. The number of likely N-dealkylation sites (N-methyl/N-ethyl adjacent to an activating group) is 1. The lowest BCUT2D eigenvalue weighted by atomic mass is 9.87. The van der Waals surface area contributed by atoms with Gasteiger partial charge in [0.2, 0.25) is 0 Å². The molecular weight excluding hydrogens is 550 g/mol. The van der Waals surface area contributed by atoms with Crippen molar-refractivity contribution in [2.75, 3.05) is 26.7 Å². The molecule has 0 radical (unpaired) electrons. The largest absolute Gasteiger partial charge is 0.490 e. The number of rotatable bonds is 5. The second kappa shape index (κ2) is 13.9. The number of pyridine rings is 1. The molecule has 40 heavy (non-hydrogen) atoms. The minimum Gasteiger partial charge on any atom is -0.475 e. The van der Waals surface area contributed by atoms with Gasteiger partial charge in [-0.1, -0.05) is 6.07 Å². The molecule has 2 aromatic heterocycles. The van der Waals surface area contributed by atoms with E-state index in [1.165, 1.54) is 11.3 Å². The van der Waals surface area contributed by atoms with E-state index in [4.69, 9.17) is 24.5 Å². The zero-order valence-corrected chi connectivity index (χ0v) is 22.0. The van der Waals surface area contributed by atoms with Crippen molar-refractivity contribution in [1.29, 1.82) is 0 Å². The van der Waals surface area contributed by atoms with Crippen molar-refractivity contribution >= 4 is 11.9 Å². The number of carbonyl (C=O) groups is 2. The van der Waals surface area contributed by atoms with E-state index in [1.807, 2.05) is 18.5 Å². The number of carboxylic acid groups (broad SMARTS) is 2. The molecule has 2 aliphatic heterocycles. The molecule has 4 heterocycles. The van der Waals surface area contributed by atoms with Crippen molar-refractivity contribution < 1.29 is 50.9 Å². The van der Waals surface area contributed by atoms with Crippen molar-refractivity contribution in [3.63, 3.8) is 0 Å². The molecule has 2 aromatic rings. The fraction of sp³-hybridized carbons (Fsp3) is 0.560. The summed E-state index contributed by atoms with van der Waals surface area (Å²) in [5.41, 5.74) is 2.76. The highest BCUT2D eigenvalue weighted by molar-refractivity contribution is 5.73. The molecule has 0 aromatic carbocycles. The first kappa shape index (κ1) is 33.0. The maximum Gasteiger partial charge on any atom is 0.490 e. The Morgan fingerprint density at radius 3 is 2.10 bits per heavy atom. The predicted molar refractivity (Wildman–Crippen MR) is 130 cm³/mol. The van der Waals surface area contributed by atoms with E-state index < -0.39 is 24.3 Å². The molecule has 0 amide bonds. The van der Waals surface area contributed by atoms with Gasteiger partial charge in [-0.3, -0.25) is 14.8 Å². The molecule has 0 bridgehead atoms. The van der Waals surface area contributed by atoms with E-state index >= 15 is 0 Å². The lowest BCUT2D eigenvalue weighted by molar-refractivity contribution is -0.193. The van der Waals surface area contributed by atoms with Gasteiger partial charge in [0.15, 0.2) is 0 Å². The van der Waals surface area contributed by atoms with Crippen LogP contribution in [0, 0.1) is 0 Å². The predicted octanol–water partition coefficient (Wildman–Crippen LogP) is 3.94. The lowest BCUT2D eigenvalue weighted by Gasteiger charge is -2.39. The highest BCUT2D eigenvalue weighted by Crippen LogP contribution is 2.38. The van der Waals surface area contributed by atoms with Crippen LogP contribution in [0.4, 0.5) is 26.3 Å². The van der Waals surface area contributed by atoms with Crippen molar-refractivity contribution in [1.82, 2.24) is 19.4 Å². The van der Waals surface area contributed by atoms with Gasteiger partial charge >= 0.3 is 24.3 Å². The van der Waals surface area contributed by atoms with Crippen LogP contribution in [-0.4, -0.2) is 92.2 Å². The Bertz CT molecular complexity index is 1060. The van der Waals surface area contributed by atoms with E-state index in [2.05, 4.69) is 57.8 Å². The van der Waals surface area contributed by atoms with Gasteiger partial charge in [0.1, 0.15) is 0 Å². The summed E-state index contributed by atoms with van der Waals surface area (Å²) in [5.74, 6) is -5.51. The summed E-state index contributed by atoms with van der Waals surface area (Å²) in [6.07, 6.45) is -0.793. The molecule has 9 nitrogen and oxygen atoms in total. The van der Waals surface area contributed by atoms with E-state index in [1.54, 1.807) is 0 Å². The van der Waals surface area contributed by atoms with Gasteiger partial charge in [-0.2, -0.15) is 26.3 Å². The van der Waals surface area contributed by atoms with Gasteiger partial charge in [-0.05, 0) is 50.1 Å². The number of aryl methyl sites for hydroxylation is 1. The normalized spacial score (nSPS) is 19.0. The first-order valence-corrected chi connectivity index (χ1v) is 12.2. The number of alkyl halides is 6. The number of nitrogens with zero attached hydrogens (tertiary/aromatic N) is 4. The van der Waals surface area contributed by atoms with Gasteiger partial charge in [0, 0.05) is 63.6 Å². The first-order chi connectivity index (χ1) is 18.5. The average Bonchev–Trinajstić information content (AvgIpc) is 3.47. The van der Waals surface area contributed by atoms with Crippen LogP contribution in [0.2, 0.25) is 0 Å². The molecule has 2 saturated heterocycles. The van der Waals surface area contributed by atoms with Crippen LogP contribution in [0.5, 0.6) is 0 Å². The number of piperidine rings is 1. The second-order valence-electron chi connectivity index (χ2n) is 9.62. The molecule has 1 atom stereocenters. The number of aliphatic carboxylic acids is 2. The number of hydrogen-bond acceptors (Lipinski definition) is 6. The Morgan fingerprint density at radius 1 is 1.07 bits per heavy atom. The quantitative estimate of drug-likeness (QED) is 0.511. The summed E-state index contributed by atoms with van der Waals surface area (Å²) in [6, 6.07) is 9.02. The van der Waals surface area contributed by atoms with Crippen LogP contribution in [0.3, 0.4) is 0 Å². The van der Waals surface area contributed by atoms with Crippen LogP contribution in [-0.2, 0) is 34.5 Å². The van der Waals surface area contributed by atoms with Gasteiger partial charge < -0.3 is 19.5 Å². The number of likely N-dealkylation sites (tertiary alicyclic amines) is 1. The summed E-state index contributed by atoms with van der Waals surface area (Å²) in [5, 5.41) is 14.2. The molecule has 2 N–H and O–H groups in total. The van der Waals surface area contributed by atoms with Crippen LogP contribution >= 0.6 is 0 Å². The number of hydrogen-bond donors (Lipinski definition) is 2. The van der Waals surface area contributed by atoms with Crippen LogP contribution in [0.1, 0.15) is 30.5 Å². The molecule has 224 valence electrons. The van der Waals surface area contributed by atoms with E-state index in [0.29, 0.717) is 6.04 Å². The fourth-order valence-corrected chi connectivity index (χ4v) is 4.37. The van der Waals surface area contributed by atoms with Crippen LogP contribution < -0.4 is 0 Å². The lowest BCUT2D eigenvalue weighted by Crippen LogP contribution is -2.44. The smallest absolute Gasteiger partial charge is 0.475 e. The first-order valence-electron chi connectivity index (χ1n) is 12.2. The minimum atomic E-state index is -5.08. The van der Waals surface area contributed by atoms with E-state index in [9.17, 15) is 26.3 Å². The Kier molecular flexibility index (Phi) is 11.5. The highest BCUT2D eigenvalue weighted by atomic mass is 19.4. The standard InChI is InChI=1S/C21H30N4O.2C2HF3O2/c1-23-10-4-6-19(23)16-25-11-7-21(8-12-25)13-20(17-26-21)24(2)15-18-5-3-9-22-14-18;2*3-2(4,5)1(6)7/h3-6,9-10,14,20H,7-8,11-13,15-17H2,1-2H3;2*(H,6,7). The summed E-state index contributed by atoms with van der Waals surface area (Å²) >= 11 is 0. The Labute approximate surface area is 227 Å². The van der Waals surface area contributed by atoms with Crippen LogP contribution in [0.15, 0.2) is 42.9 Å². The Morgan fingerprint density at radius 2 is 1.65 bits per heavy atom. The average molecular weight is 583 g/mol. The SMILES string of the molecule is CN(Cc1cccnc1)C1COC2(CCN(Cc3cccn3C)CC2)C1.O=C(O)C(F)(F)F.O=C(O)C(F)(F)F. The topological polar surface area (TPSA) is 108 Å². The third-order valence-corrected chi connectivity index (χ3v) is 6.66. The zero-order valence-electron chi connectivity index (χ0n) is 22.0. The highest BCUT2D eigenvalue weighted by Gasteiger charge is 2.44. The van der Waals surface area contributed by atoms with Crippen molar-refractivity contribution in [2.45, 2.75) is 56.3 Å². The third kappa shape index (κ3) is 10.4. The fourth-order valence-electron chi connectivity index (χ4n) is 4.37.